The molecule has 1 heterocycles. The topological polar surface area (TPSA) is 20.3 Å². The van der Waals surface area contributed by atoms with E-state index in [9.17, 15) is 8.60 Å². The SMILES string of the molecule is O=S(CCN1CCCCC1)c1ccccc1F. The van der Waals surface area contributed by atoms with E-state index in [4.69, 9.17) is 0 Å². The largest absolute Gasteiger partial charge is 0.302 e. The van der Waals surface area contributed by atoms with Gasteiger partial charge >= 0.3 is 0 Å². The number of benzene rings is 1. The smallest absolute Gasteiger partial charge is 0.139 e. The lowest BCUT2D eigenvalue weighted by atomic mass is 10.1. The van der Waals surface area contributed by atoms with Crippen molar-refractivity contribution >= 4 is 10.8 Å². The van der Waals surface area contributed by atoms with Crippen LogP contribution in [0, 0.1) is 5.82 Å². The first-order valence-corrected chi connectivity index (χ1v) is 7.44. The van der Waals surface area contributed by atoms with Crippen molar-refractivity contribution in [1.82, 2.24) is 4.90 Å². The van der Waals surface area contributed by atoms with Gasteiger partial charge in [0.2, 0.25) is 0 Å². The molecular formula is C13H18FNOS. The molecule has 0 N–H and O–H groups in total. The predicted molar refractivity (Wildman–Crippen MR) is 68.0 cm³/mol. The summed E-state index contributed by atoms with van der Waals surface area (Å²) in [6, 6.07) is 6.34. The number of piperidine rings is 1. The summed E-state index contributed by atoms with van der Waals surface area (Å²) in [5, 5.41) is 0. The average molecular weight is 255 g/mol. The molecule has 0 aliphatic carbocycles. The molecule has 1 fully saturated rings. The summed E-state index contributed by atoms with van der Waals surface area (Å²) in [6.45, 7) is 2.99. The van der Waals surface area contributed by atoms with Gasteiger partial charge in [-0.25, -0.2) is 4.39 Å². The Hall–Kier alpha value is -0.740. The third kappa shape index (κ3) is 3.61. The van der Waals surface area contributed by atoms with Crippen LogP contribution in [0.15, 0.2) is 29.2 Å². The number of rotatable bonds is 4. The monoisotopic (exact) mass is 255 g/mol. The first-order chi connectivity index (χ1) is 8.27. The van der Waals surface area contributed by atoms with E-state index < -0.39 is 10.8 Å². The molecule has 2 rings (SSSR count). The van der Waals surface area contributed by atoms with Crippen molar-refractivity contribution in [3.63, 3.8) is 0 Å². The van der Waals surface area contributed by atoms with Crippen molar-refractivity contribution < 1.29 is 8.60 Å². The Bertz CT molecular complexity index is 391. The highest BCUT2D eigenvalue weighted by Crippen LogP contribution is 2.13. The molecule has 17 heavy (non-hydrogen) atoms. The fourth-order valence-corrected chi connectivity index (χ4v) is 3.29. The van der Waals surface area contributed by atoms with Gasteiger partial charge in [-0.1, -0.05) is 18.6 Å². The highest BCUT2D eigenvalue weighted by molar-refractivity contribution is 7.85. The molecule has 0 spiro atoms. The van der Waals surface area contributed by atoms with Gasteiger partial charge in [0, 0.05) is 12.3 Å². The van der Waals surface area contributed by atoms with E-state index in [0.717, 1.165) is 19.6 Å². The van der Waals surface area contributed by atoms with Crippen LogP contribution in [0.3, 0.4) is 0 Å². The van der Waals surface area contributed by atoms with Gasteiger partial charge in [0.1, 0.15) is 5.82 Å². The maximum atomic E-state index is 13.4. The third-order valence-corrected chi connectivity index (χ3v) is 4.50. The van der Waals surface area contributed by atoms with Crippen LogP contribution in [0.5, 0.6) is 0 Å². The van der Waals surface area contributed by atoms with E-state index in [1.54, 1.807) is 18.2 Å². The van der Waals surface area contributed by atoms with Crippen LogP contribution in [0.2, 0.25) is 0 Å². The van der Waals surface area contributed by atoms with E-state index in [1.807, 2.05) is 0 Å². The molecule has 1 aliphatic heterocycles. The molecule has 0 bridgehead atoms. The fraction of sp³-hybridized carbons (Fsp3) is 0.538. The molecule has 1 unspecified atom stereocenters. The predicted octanol–water partition coefficient (Wildman–Crippen LogP) is 2.42. The molecule has 2 nitrogen and oxygen atoms in total. The minimum Gasteiger partial charge on any atom is -0.302 e. The Morgan fingerprint density at radius 1 is 1.18 bits per heavy atom. The summed E-state index contributed by atoms with van der Waals surface area (Å²) in [7, 11) is -1.21. The van der Waals surface area contributed by atoms with Crippen LogP contribution in [0.4, 0.5) is 4.39 Å². The van der Waals surface area contributed by atoms with Gasteiger partial charge in [-0.2, -0.15) is 0 Å². The van der Waals surface area contributed by atoms with E-state index in [-0.39, 0.29) is 5.82 Å². The van der Waals surface area contributed by atoms with E-state index in [1.165, 1.54) is 25.3 Å². The van der Waals surface area contributed by atoms with Crippen LogP contribution in [0.1, 0.15) is 19.3 Å². The molecule has 0 aromatic heterocycles. The van der Waals surface area contributed by atoms with Crippen LogP contribution < -0.4 is 0 Å². The number of halogens is 1. The third-order valence-electron chi connectivity index (χ3n) is 3.12. The Kier molecular flexibility index (Phi) is 4.68. The maximum Gasteiger partial charge on any atom is 0.139 e. The molecule has 1 atom stereocenters. The first-order valence-electron chi connectivity index (χ1n) is 6.12. The molecule has 1 saturated heterocycles. The lowest BCUT2D eigenvalue weighted by Gasteiger charge is -2.25. The zero-order chi connectivity index (χ0) is 12.1. The number of nitrogens with zero attached hydrogens (tertiary/aromatic N) is 1. The van der Waals surface area contributed by atoms with Gasteiger partial charge < -0.3 is 4.90 Å². The van der Waals surface area contributed by atoms with Gasteiger partial charge in [0.25, 0.3) is 0 Å². The lowest BCUT2D eigenvalue weighted by Crippen LogP contribution is -2.33. The molecule has 94 valence electrons. The summed E-state index contributed by atoms with van der Waals surface area (Å²) in [5.41, 5.74) is 0. The Labute approximate surface area is 104 Å². The normalized spacial score (nSPS) is 19.1. The van der Waals surface area contributed by atoms with E-state index in [2.05, 4.69) is 4.90 Å². The Morgan fingerprint density at radius 3 is 2.59 bits per heavy atom. The molecule has 1 aliphatic rings. The highest BCUT2D eigenvalue weighted by atomic mass is 32.2. The van der Waals surface area contributed by atoms with Crippen LogP contribution >= 0.6 is 0 Å². The molecule has 0 saturated carbocycles. The van der Waals surface area contributed by atoms with Crippen LogP contribution in [-0.4, -0.2) is 34.5 Å². The fourth-order valence-electron chi connectivity index (χ4n) is 2.13. The zero-order valence-corrected chi connectivity index (χ0v) is 10.7. The van der Waals surface area contributed by atoms with Crippen molar-refractivity contribution in [2.45, 2.75) is 24.2 Å². The number of hydrogen-bond acceptors (Lipinski definition) is 2. The summed E-state index contributed by atoms with van der Waals surface area (Å²) in [6.07, 6.45) is 3.76. The average Bonchev–Trinajstić information content (AvgIpc) is 2.38. The van der Waals surface area contributed by atoms with Crippen LogP contribution in [-0.2, 0) is 10.8 Å². The van der Waals surface area contributed by atoms with E-state index >= 15 is 0 Å². The second kappa shape index (κ2) is 6.26. The van der Waals surface area contributed by atoms with Crippen molar-refractivity contribution in [3.05, 3.63) is 30.1 Å². The van der Waals surface area contributed by atoms with Gasteiger partial charge in [-0.15, -0.1) is 0 Å². The summed E-state index contributed by atoms with van der Waals surface area (Å²) < 4.78 is 25.4. The molecule has 1 aromatic carbocycles. The Balaban J connectivity index is 1.87. The summed E-state index contributed by atoms with van der Waals surface area (Å²) in [5.74, 6) is 0.172. The number of likely N-dealkylation sites (tertiary alicyclic amines) is 1. The molecular weight excluding hydrogens is 237 g/mol. The standard InChI is InChI=1S/C13H18FNOS/c14-12-6-2-3-7-13(12)17(16)11-10-15-8-4-1-5-9-15/h2-3,6-7H,1,4-5,8-11H2. The quantitative estimate of drug-likeness (QED) is 0.823. The molecule has 1 aromatic rings. The lowest BCUT2D eigenvalue weighted by molar-refractivity contribution is 0.241. The maximum absolute atomic E-state index is 13.4. The minimum atomic E-state index is -1.21. The van der Waals surface area contributed by atoms with Gasteiger partial charge in [-0.3, -0.25) is 4.21 Å². The van der Waals surface area contributed by atoms with Gasteiger partial charge in [-0.05, 0) is 38.1 Å². The van der Waals surface area contributed by atoms with Crippen molar-refractivity contribution in [1.29, 1.82) is 0 Å². The summed E-state index contributed by atoms with van der Waals surface area (Å²) >= 11 is 0. The number of hydrogen-bond donors (Lipinski definition) is 0. The first kappa shape index (κ1) is 12.7. The van der Waals surface area contributed by atoms with Gasteiger partial charge in [0.05, 0.1) is 15.7 Å². The zero-order valence-electron chi connectivity index (χ0n) is 9.90. The second-order valence-corrected chi connectivity index (χ2v) is 5.92. The molecule has 4 heteroatoms. The summed E-state index contributed by atoms with van der Waals surface area (Å²) in [4.78, 5) is 2.66. The Morgan fingerprint density at radius 2 is 1.88 bits per heavy atom. The highest BCUT2D eigenvalue weighted by Gasteiger charge is 2.13. The second-order valence-electron chi connectivity index (χ2n) is 4.38. The van der Waals surface area contributed by atoms with Crippen LogP contribution in [0.25, 0.3) is 0 Å². The minimum absolute atomic E-state index is 0.338. The van der Waals surface area contributed by atoms with Crippen molar-refractivity contribution in [2.24, 2.45) is 0 Å². The van der Waals surface area contributed by atoms with E-state index in [0.29, 0.717) is 10.6 Å². The van der Waals surface area contributed by atoms with Gasteiger partial charge in [0.15, 0.2) is 0 Å². The van der Waals surface area contributed by atoms with Crippen molar-refractivity contribution in [3.8, 4) is 0 Å². The van der Waals surface area contributed by atoms with Crippen molar-refractivity contribution in [2.75, 3.05) is 25.4 Å². The molecule has 0 amide bonds. The molecule has 0 radical (unpaired) electrons.